The minimum atomic E-state index is -0.450. The van der Waals surface area contributed by atoms with Crippen molar-refractivity contribution in [2.75, 3.05) is 17.7 Å². The molecule has 1 aromatic carbocycles. The fourth-order valence-electron chi connectivity index (χ4n) is 1.75. The van der Waals surface area contributed by atoms with Gasteiger partial charge < -0.3 is 15.4 Å². The third-order valence-electron chi connectivity index (χ3n) is 2.73. The van der Waals surface area contributed by atoms with Gasteiger partial charge >= 0.3 is 5.97 Å². The lowest BCUT2D eigenvalue weighted by Crippen LogP contribution is -2.06. The van der Waals surface area contributed by atoms with E-state index in [-0.39, 0.29) is 5.91 Å². The highest BCUT2D eigenvalue weighted by Gasteiger charge is 2.09. The minimum absolute atomic E-state index is 0.170. The molecule has 0 aliphatic carbocycles. The Morgan fingerprint density at radius 3 is 2.59 bits per heavy atom. The molecule has 1 heterocycles. The monoisotopic (exact) mass is 319 g/mol. The summed E-state index contributed by atoms with van der Waals surface area (Å²) >= 11 is 6.09. The molecule has 6 nitrogen and oxygen atoms in total. The summed E-state index contributed by atoms with van der Waals surface area (Å²) in [6.45, 7) is 1.42. The van der Waals surface area contributed by atoms with E-state index in [0.29, 0.717) is 27.8 Å². The molecule has 1 aromatic heterocycles. The number of pyridine rings is 1. The van der Waals surface area contributed by atoms with Crippen molar-refractivity contribution < 1.29 is 14.3 Å². The lowest BCUT2D eigenvalue weighted by atomic mass is 10.2. The van der Waals surface area contributed by atoms with E-state index in [9.17, 15) is 9.59 Å². The minimum Gasteiger partial charge on any atom is -0.465 e. The van der Waals surface area contributed by atoms with Gasteiger partial charge in [0.15, 0.2) is 0 Å². The Hall–Kier alpha value is -2.60. The quantitative estimate of drug-likeness (QED) is 0.846. The predicted octanol–water partition coefficient (Wildman–Crippen LogP) is 3.22. The highest BCUT2D eigenvalue weighted by atomic mass is 35.5. The second-order valence-electron chi connectivity index (χ2n) is 4.42. The fourth-order valence-corrected chi connectivity index (χ4v) is 1.91. The smallest absolute Gasteiger partial charge is 0.337 e. The first-order valence-corrected chi connectivity index (χ1v) is 6.76. The molecule has 0 fully saturated rings. The molecule has 114 valence electrons. The van der Waals surface area contributed by atoms with Crippen LogP contribution in [0, 0.1) is 0 Å². The van der Waals surface area contributed by atoms with E-state index in [2.05, 4.69) is 20.4 Å². The van der Waals surface area contributed by atoms with E-state index in [1.54, 1.807) is 30.3 Å². The molecule has 0 aliphatic rings. The van der Waals surface area contributed by atoms with Gasteiger partial charge in [0.25, 0.3) is 0 Å². The van der Waals surface area contributed by atoms with Crippen LogP contribution in [0.25, 0.3) is 0 Å². The van der Waals surface area contributed by atoms with Crippen LogP contribution in [-0.2, 0) is 9.53 Å². The number of amides is 1. The van der Waals surface area contributed by atoms with E-state index >= 15 is 0 Å². The zero-order chi connectivity index (χ0) is 16.1. The van der Waals surface area contributed by atoms with Crippen molar-refractivity contribution in [3.05, 3.63) is 47.1 Å². The second kappa shape index (κ2) is 6.91. The van der Waals surface area contributed by atoms with Crippen LogP contribution in [0.15, 0.2) is 36.5 Å². The maximum absolute atomic E-state index is 11.5. The number of anilines is 3. The normalized spacial score (nSPS) is 9.95. The molecular weight excluding hydrogens is 306 g/mol. The number of benzene rings is 1. The SMILES string of the molecule is COC(=O)c1ccc(Cl)c(Nc2ccc(NC(C)=O)cn2)c1. The first-order chi connectivity index (χ1) is 10.5. The van der Waals surface area contributed by atoms with E-state index in [1.807, 2.05) is 0 Å². The summed E-state index contributed by atoms with van der Waals surface area (Å²) in [7, 11) is 1.31. The largest absolute Gasteiger partial charge is 0.465 e. The molecule has 0 unspecified atom stereocenters. The first kappa shape index (κ1) is 15.8. The number of rotatable bonds is 4. The van der Waals surface area contributed by atoms with Gasteiger partial charge in [-0.2, -0.15) is 0 Å². The van der Waals surface area contributed by atoms with Crippen molar-refractivity contribution in [2.24, 2.45) is 0 Å². The third kappa shape index (κ3) is 3.95. The number of methoxy groups -OCH3 is 1. The average Bonchev–Trinajstić information content (AvgIpc) is 2.50. The summed E-state index contributed by atoms with van der Waals surface area (Å²) in [6, 6.07) is 8.15. The topological polar surface area (TPSA) is 80.3 Å². The maximum atomic E-state index is 11.5. The van der Waals surface area contributed by atoms with Crippen molar-refractivity contribution in [1.29, 1.82) is 0 Å². The summed E-state index contributed by atoms with van der Waals surface area (Å²) in [5, 5.41) is 6.08. The van der Waals surface area contributed by atoms with Crippen LogP contribution in [0.2, 0.25) is 5.02 Å². The molecule has 0 saturated carbocycles. The third-order valence-corrected chi connectivity index (χ3v) is 3.06. The fraction of sp³-hybridized carbons (Fsp3) is 0.133. The van der Waals surface area contributed by atoms with Gasteiger partial charge in [0, 0.05) is 6.92 Å². The number of nitrogens with one attached hydrogen (secondary N) is 2. The highest BCUT2D eigenvalue weighted by Crippen LogP contribution is 2.26. The second-order valence-corrected chi connectivity index (χ2v) is 4.83. The molecule has 0 radical (unpaired) electrons. The summed E-state index contributed by atoms with van der Waals surface area (Å²) in [5.41, 5.74) is 1.50. The number of aromatic nitrogens is 1. The molecule has 0 aliphatic heterocycles. The van der Waals surface area contributed by atoms with Crippen LogP contribution in [0.5, 0.6) is 0 Å². The van der Waals surface area contributed by atoms with Gasteiger partial charge in [-0.3, -0.25) is 4.79 Å². The summed E-state index contributed by atoms with van der Waals surface area (Å²) in [5.74, 6) is -0.0944. The molecule has 0 bridgehead atoms. The molecular formula is C15H14ClN3O3. The Balaban J connectivity index is 2.19. The number of ether oxygens (including phenoxy) is 1. The van der Waals surface area contributed by atoms with Gasteiger partial charge in [0.2, 0.25) is 5.91 Å². The molecule has 22 heavy (non-hydrogen) atoms. The molecule has 2 rings (SSSR count). The van der Waals surface area contributed by atoms with Crippen molar-refractivity contribution in [3.63, 3.8) is 0 Å². The Morgan fingerprint density at radius 1 is 1.23 bits per heavy atom. The summed E-state index contributed by atoms with van der Waals surface area (Å²) in [6.07, 6.45) is 1.52. The molecule has 7 heteroatoms. The Bertz CT molecular complexity index is 702. The van der Waals surface area contributed by atoms with Crippen LogP contribution in [0.1, 0.15) is 17.3 Å². The van der Waals surface area contributed by atoms with E-state index in [4.69, 9.17) is 11.6 Å². The van der Waals surface area contributed by atoms with Crippen LogP contribution in [0.3, 0.4) is 0 Å². The molecule has 2 aromatic rings. The predicted molar refractivity (Wildman–Crippen MR) is 84.6 cm³/mol. The van der Waals surface area contributed by atoms with E-state index in [0.717, 1.165) is 0 Å². The summed E-state index contributed by atoms with van der Waals surface area (Å²) < 4.78 is 4.67. The summed E-state index contributed by atoms with van der Waals surface area (Å²) in [4.78, 5) is 26.6. The van der Waals surface area contributed by atoms with Crippen LogP contribution >= 0.6 is 11.6 Å². The Morgan fingerprint density at radius 2 is 2.00 bits per heavy atom. The van der Waals surface area contributed by atoms with E-state index < -0.39 is 5.97 Å². The molecule has 2 N–H and O–H groups in total. The molecule has 0 atom stereocenters. The highest BCUT2D eigenvalue weighted by molar-refractivity contribution is 6.33. The van der Waals surface area contributed by atoms with Crippen molar-refractivity contribution in [3.8, 4) is 0 Å². The number of hydrogen-bond donors (Lipinski definition) is 2. The number of nitrogens with zero attached hydrogens (tertiary/aromatic N) is 1. The number of carbonyl (C=O) groups is 2. The van der Waals surface area contributed by atoms with Gasteiger partial charge in [0.05, 0.1) is 35.3 Å². The number of hydrogen-bond acceptors (Lipinski definition) is 5. The average molecular weight is 320 g/mol. The van der Waals surface area contributed by atoms with Gasteiger partial charge in [-0.25, -0.2) is 9.78 Å². The van der Waals surface area contributed by atoms with Crippen LogP contribution in [0.4, 0.5) is 17.2 Å². The first-order valence-electron chi connectivity index (χ1n) is 6.38. The van der Waals surface area contributed by atoms with Crippen molar-refractivity contribution in [1.82, 2.24) is 4.98 Å². The van der Waals surface area contributed by atoms with Crippen molar-refractivity contribution >= 4 is 40.7 Å². The van der Waals surface area contributed by atoms with Gasteiger partial charge in [0.1, 0.15) is 5.82 Å². The molecule has 0 spiro atoms. The van der Waals surface area contributed by atoms with Gasteiger partial charge in [-0.1, -0.05) is 11.6 Å². The lowest BCUT2D eigenvalue weighted by molar-refractivity contribution is -0.114. The Labute approximate surface area is 132 Å². The zero-order valence-corrected chi connectivity index (χ0v) is 12.8. The standard InChI is InChI=1S/C15H14ClN3O3/c1-9(20)18-11-4-6-14(17-8-11)19-13-7-10(15(21)22-2)3-5-12(13)16/h3-8H,1-2H3,(H,17,19)(H,18,20). The van der Waals surface area contributed by atoms with Gasteiger partial charge in [-0.05, 0) is 30.3 Å². The van der Waals surface area contributed by atoms with Gasteiger partial charge in [-0.15, -0.1) is 0 Å². The molecule has 0 saturated heterocycles. The molecule has 1 amide bonds. The Kier molecular flexibility index (Phi) is 4.95. The maximum Gasteiger partial charge on any atom is 0.337 e. The van der Waals surface area contributed by atoms with Crippen LogP contribution < -0.4 is 10.6 Å². The number of esters is 1. The number of halogens is 1. The van der Waals surface area contributed by atoms with Crippen LogP contribution in [-0.4, -0.2) is 24.0 Å². The zero-order valence-electron chi connectivity index (χ0n) is 12.0. The van der Waals surface area contributed by atoms with E-state index in [1.165, 1.54) is 20.2 Å². The number of carbonyl (C=O) groups excluding carboxylic acids is 2. The lowest BCUT2D eigenvalue weighted by Gasteiger charge is -2.10. The van der Waals surface area contributed by atoms with Crippen molar-refractivity contribution in [2.45, 2.75) is 6.92 Å².